The average molecular weight is 1130 g/mol. The molecule has 2 aromatic heterocycles. The van der Waals surface area contributed by atoms with Gasteiger partial charge in [0.2, 0.25) is 0 Å². The molecule has 14 rings (SSSR count). The van der Waals surface area contributed by atoms with E-state index in [1.54, 1.807) is 0 Å². The zero-order valence-corrected chi connectivity index (χ0v) is 49.8. The molecule has 0 bridgehead atoms. The second-order valence-corrected chi connectivity index (χ2v) is 29.6. The quantitative estimate of drug-likeness (QED) is 0.0583. The molecule has 0 N–H and O–H groups in total. The lowest BCUT2D eigenvalue weighted by molar-refractivity contribution is 1.05. The first-order valence-electron chi connectivity index (χ1n) is 29.4. The molecule has 408 valence electrons. The van der Waals surface area contributed by atoms with E-state index >= 15 is 0 Å². The van der Waals surface area contributed by atoms with Gasteiger partial charge in [-0.3, -0.25) is 9.56 Å². The molecule has 0 fully saturated rings. The van der Waals surface area contributed by atoms with Crippen molar-refractivity contribution < 1.29 is 0 Å². The predicted molar refractivity (Wildman–Crippen MR) is 368 cm³/mol. The van der Waals surface area contributed by atoms with Gasteiger partial charge in [-0.05, 0) is 83.3 Å². The van der Waals surface area contributed by atoms with Gasteiger partial charge in [-0.15, -0.1) is 0 Å². The number of hydrogen-bond donors (Lipinski definition) is 0. The van der Waals surface area contributed by atoms with Crippen LogP contribution in [0.15, 0.2) is 345 Å². The van der Waals surface area contributed by atoms with Crippen molar-refractivity contribution in [1.82, 2.24) is 14.5 Å². The van der Waals surface area contributed by atoms with Gasteiger partial charge < -0.3 is 0 Å². The summed E-state index contributed by atoms with van der Waals surface area (Å²) in [6.07, 6.45) is 0. The minimum Gasteiger partial charge on any atom is -0.294 e. The van der Waals surface area contributed by atoms with Crippen molar-refractivity contribution in [2.75, 3.05) is 0 Å². The van der Waals surface area contributed by atoms with E-state index in [9.17, 15) is 0 Å². The van der Waals surface area contributed by atoms with Crippen molar-refractivity contribution in [3.05, 3.63) is 351 Å². The standard InChI is InChI=1S/C80H60N4Si2/c1-58(60-30-28-46-70(55-60)85(64-34-9-3-10-35-64,65-36-11-4-12-37-65)66-38-13-5-14-39-66)81-59(2)72-48-21-22-49-73(72)61-31-27-33-63(54-61)80-82-76(57-79(83-80)84-77-52-25-23-50-74(77)75-51-24-26-53-78(75)84)62-32-29-47-71(56-62)86(67-40-15-6-16-41-67,68-42-17-7-18-43-68)69-44-19-8-20-45-69/h3-57H,1H2,2H3/b81-59+. The van der Waals surface area contributed by atoms with E-state index in [1.807, 2.05) is 0 Å². The monoisotopic (exact) mass is 1130 g/mol. The fraction of sp³-hybridized carbons (Fsp3) is 0.0125. The predicted octanol–water partition coefficient (Wildman–Crippen LogP) is 13.8. The Labute approximate surface area is 505 Å². The Morgan fingerprint density at radius 1 is 0.349 bits per heavy atom. The van der Waals surface area contributed by atoms with Crippen LogP contribution >= 0.6 is 0 Å². The van der Waals surface area contributed by atoms with Gasteiger partial charge in [-0.2, -0.15) is 0 Å². The molecular weight excluding hydrogens is 1070 g/mol. The Kier molecular flexibility index (Phi) is 14.4. The third-order valence-electron chi connectivity index (χ3n) is 17.0. The van der Waals surface area contributed by atoms with E-state index < -0.39 is 16.1 Å². The first kappa shape index (κ1) is 53.4. The Bertz CT molecular complexity index is 4530. The molecule has 0 saturated carbocycles. The SMILES string of the molecule is C=C(/N=C(\C)c1ccccc1-c1cccc(-c2nc(-c3cccc([Si](c4ccccc4)(c4ccccc4)c4ccccc4)c3)cc(-n3c4ccccc4c4ccccc43)n2)c1)c1cccc([Si](c2ccccc2)(c2ccccc2)c2ccccc2)c1. The van der Waals surface area contributed by atoms with Crippen LogP contribution in [0.2, 0.25) is 0 Å². The lowest BCUT2D eigenvalue weighted by atomic mass is 9.95. The van der Waals surface area contributed by atoms with E-state index in [-0.39, 0.29) is 0 Å². The third kappa shape index (κ3) is 9.57. The summed E-state index contributed by atoms with van der Waals surface area (Å²) in [7, 11) is -5.67. The molecular formula is C80H60N4Si2. The number of aliphatic imine (C=N–C) groups is 1. The first-order chi connectivity index (χ1) is 42.5. The van der Waals surface area contributed by atoms with Crippen LogP contribution in [-0.2, 0) is 0 Å². The second-order valence-electron chi connectivity index (χ2n) is 21.9. The zero-order valence-electron chi connectivity index (χ0n) is 47.8. The van der Waals surface area contributed by atoms with Gasteiger partial charge in [-0.25, -0.2) is 9.97 Å². The van der Waals surface area contributed by atoms with E-state index in [1.165, 1.54) is 52.3 Å². The molecule has 0 unspecified atom stereocenters. The van der Waals surface area contributed by atoms with Gasteiger partial charge in [0.1, 0.15) is 5.82 Å². The summed E-state index contributed by atoms with van der Waals surface area (Å²) in [6, 6.07) is 121. The molecule has 0 aliphatic heterocycles. The van der Waals surface area contributed by atoms with Gasteiger partial charge >= 0.3 is 0 Å². The number of aromatic nitrogens is 3. The van der Waals surface area contributed by atoms with Crippen molar-refractivity contribution in [3.8, 4) is 39.6 Å². The maximum atomic E-state index is 5.59. The molecule has 4 nitrogen and oxygen atoms in total. The van der Waals surface area contributed by atoms with Crippen molar-refractivity contribution in [1.29, 1.82) is 0 Å². The van der Waals surface area contributed by atoms with Crippen LogP contribution in [0.1, 0.15) is 18.1 Å². The highest BCUT2D eigenvalue weighted by molar-refractivity contribution is 7.20. The molecule has 0 amide bonds. The molecule has 0 aliphatic rings. The topological polar surface area (TPSA) is 43.1 Å². The molecule has 0 saturated heterocycles. The summed E-state index contributed by atoms with van der Waals surface area (Å²) >= 11 is 0. The normalized spacial score (nSPS) is 11.9. The minimum absolute atomic E-state index is 0.626. The Morgan fingerprint density at radius 3 is 1.26 bits per heavy atom. The van der Waals surface area contributed by atoms with Gasteiger partial charge in [0.25, 0.3) is 0 Å². The molecule has 0 radical (unpaired) electrons. The minimum atomic E-state index is -2.88. The van der Waals surface area contributed by atoms with Crippen LogP contribution in [-0.4, -0.2) is 36.4 Å². The highest BCUT2D eigenvalue weighted by atomic mass is 28.3. The van der Waals surface area contributed by atoms with E-state index in [4.69, 9.17) is 15.0 Å². The zero-order chi connectivity index (χ0) is 57.9. The Morgan fingerprint density at radius 2 is 0.744 bits per heavy atom. The fourth-order valence-corrected chi connectivity index (χ4v) is 22.8. The molecule has 0 atom stereocenters. The summed E-state index contributed by atoms with van der Waals surface area (Å²) in [5.74, 6) is 1.42. The maximum Gasteiger partial charge on any atom is 0.179 e. The summed E-state index contributed by atoms with van der Waals surface area (Å²) in [6.45, 7) is 6.76. The van der Waals surface area contributed by atoms with Crippen LogP contribution in [0.5, 0.6) is 0 Å². The van der Waals surface area contributed by atoms with Crippen molar-refractivity contribution in [2.45, 2.75) is 6.92 Å². The molecule has 2 heterocycles. The number of para-hydroxylation sites is 2. The Balaban J connectivity index is 0.888. The molecule has 12 aromatic carbocycles. The van der Waals surface area contributed by atoms with Crippen LogP contribution < -0.4 is 41.5 Å². The maximum absolute atomic E-state index is 5.59. The molecule has 0 spiro atoms. The number of rotatable bonds is 15. The summed E-state index contributed by atoms with van der Waals surface area (Å²) in [5.41, 5.74) is 10.6. The van der Waals surface area contributed by atoms with Gasteiger partial charge in [0.15, 0.2) is 22.0 Å². The fourth-order valence-electron chi connectivity index (χ4n) is 13.2. The average Bonchev–Trinajstić information content (AvgIpc) is 1.14. The highest BCUT2D eigenvalue weighted by Crippen LogP contribution is 2.35. The third-order valence-corrected chi connectivity index (χ3v) is 26.6. The van der Waals surface area contributed by atoms with Crippen LogP contribution in [0.4, 0.5) is 0 Å². The largest absolute Gasteiger partial charge is 0.294 e. The van der Waals surface area contributed by atoms with Crippen LogP contribution in [0.3, 0.4) is 0 Å². The van der Waals surface area contributed by atoms with Crippen molar-refractivity contribution in [2.24, 2.45) is 4.99 Å². The van der Waals surface area contributed by atoms with E-state index in [0.29, 0.717) is 11.5 Å². The highest BCUT2D eigenvalue weighted by Gasteiger charge is 2.43. The van der Waals surface area contributed by atoms with Gasteiger partial charge in [0.05, 0.1) is 22.4 Å². The number of nitrogens with zero attached hydrogens (tertiary/aromatic N) is 4. The van der Waals surface area contributed by atoms with Gasteiger partial charge in [0, 0.05) is 39.2 Å². The number of fused-ring (bicyclic) bond motifs is 3. The van der Waals surface area contributed by atoms with Gasteiger partial charge in [-0.1, -0.05) is 316 Å². The number of hydrogen-bond acceptors (Lipinski definition) is 3. The second kappa shape index (κ2) is 23.2. The van der Waals surface area contributed by atoms with Crippen molar-refractivity contribution in [3.63, 3.8) is 0 Å². The molecule has 0 aliphatic carbocycles. The number of benzene rings is 12. The first-order valence-corrected chi connectivity index (χ1v) is 33.4. The molecule has 14 aromatic rings. The van der Waals surface area contributed by atoms with Crippen LogP contribution in [0.25, 0.3) is 67.1 Å². The van der Waals surface area contributed by atoms with Crippen LogP contribution in [0, 0.1) is 0 Å². The van der Waals surface area contributed by atoms with E-state index in [2.05, 4.69) is 352 Å². The Hall–Kier alpha value is -10.6. The summed E-state index contributed by atoms with van der Waals surface area (Å²) in [5, 5.41) is 12.8. The molecule has 6 heteroatoms. The lowest BCUT2D eigenvalue weighted by Crippen LogP contribution is -2.74. The summed E-state index contributed by atoms with van der Waals surface area (Å²) < 4.78 is 2.30. The molecule has 86 heavy (non-hydrogen) atoms. The van der Waals surface area contributed by atoms with Crippen molar-refractivity contribution >= 4 is 90.9 Å². The van der Waals surface area contributed by atoms with E-state index in [0.717, 1.165) is 61.6 Å². The smallest absolute Gasteiger partial charge is 0.179 e. The lowest BCUT2D eigenvalue weighted by Gasteiger charge is -2.34. The summed E-state index contributed by atoms with van der Waals surface area (Å²) in [4.78, 5) is 16.5.